The van der Waals surface area contributed by atoms with Crippen LogP contribution in [0.3, 0.4) is 0 Å². The van der Waals surface area contributed by atoms with Gasteiger partial charge in [-0.3, -0.25) is 4.79 Å². The van der Waals surface area contributed by atoms with Crippen molar-refractivity contribution in [3.63, 3.8) is 0 Å². The molecule has 2 fully saturated rings. The van der Waals surface area contributed by atoms with Crippen molar-refractivity contribution in [2.45, 2.75) is 25.0 Å². The molecule has 0 aromatic heterocycles. The number of benzene rings is 2. The van der Waals surface area contributed by atoms with Crippen molar-refractivity contribution < 1.29 is 15.0 Å². The minimum Gasteiger partial charge on any atom is -0.508 e. The molecule has 28 heavy (non-hydrogen) atoms. The van der Waals surface area contributed by atoms with Crippen molar-refractivity contribution in [1.29, 1.82) is 0 Å². The maximum absolute atomic E-state index is 13.0. The van der Waals surface area contributed by atoms with Gasteiger partial charge in [0, 0.05) is 27.5 Å². The summed E-state index contributed by atoms with van der Waals surface area (Å²) in [5.41, 5.74) is 8.68. The summed E-state index contributed by atoms with van der Waals surface area (Å²) < 4.78 is 0.918. The molecule has 8 heteroatoms. The van der Waals surface area contributed by atoms with E-state index in [1.54, 1.807) is 17.0 Å². The first-order chi connectivity index (χ1) is 13.4. The first kappa shape index (κ1) is 19.7. The number of hydrazine groups is 1. The minimum atomic E-state index is -0.458. The second kappa shape index (κ2) is 7.65. The Balaban J connectivity index is 1.81. The van der Waals surface area contributed by atoms with E-state index in [1.807, 2.05) is 31.2 Å². The van der Waals surface area contributed by atoms with Gasteiger partial charge in [-0.2, -0.15) is 0 Å². The van der Waals surface area contributed by atoms with Crippen LogP contribution in [0.4, 0.5) is 0 Å². The lowest BCUT2D eigenvalue weighted by Gasteiger charge is -2.31. The number of carbonyl (C=O) groups excluding carboxylic acids is 1. The lowest BCUT2D eigenvalue weighted by atomic mass is 9.83. The number of aliphatic hydroxyl groups is 1. The molecule has 2 heterocycles. The van der Waals surface area contributed by atoms with Crippen LogP contribution in [0.1, 0.15) is 28.8 Å². The molecule has 2 aromatic carbocycles. The maximum Gasteiger partial charge on any atom is 0.242 e. The van der Waals surface area contributed by atoms with E-state index in [-0.39, 0.29) is 42.8 Å². The molecule has 1 amide bonds. The molecule has 6 nitrogen and oxygen atoms in total. The van der Waals surface area contributed by atoms with Crippen LogP contribution in [-0.4, -0.2) is 40.2 Å². The number of hydrogen-bond acceptors (Lipinski definition) is 5. The van der Waals surface area contributed by atoms with Gasteiger partial charge in [-0.25, -0.2) is 10.9 Å². The number of nitrogens with zero attached hydrogens (tertiary/aromatic N) is 1. The zero-order valence-electron chi connectivity index (χ0n) is 15.2. The Hall–Kier alpha value is -1.64. The molecule has 4 rings (SSSR count). The van der Waals surface area contributed by atoms with Crippen LogP contribution in [0.2, 0.25) is 5.02 Å². The smallest absolute Gasteiger partial charge is 0.242 e. The Morgan fingerprint density at radius 3 is 2.68 bits per heavy atom. The predicted octanol–water partition coefficient (Wildman–Crippen LogP) is 2.83. The topological polar surface area (TPSA) is 84.8 Å². The molecule has 4 unspecified atom stereocenters. The summed E-state index contributed by atoms with van der Waals surface area (Å²) in [5, 5.41) is 20.6. The molecule has 0 saturated carbocycles. The monoisotopic (exact) mass is 465 g/mol. The second-order valence-corrected chi connectivity index (χ2v) is 8.56. The maximum atomic E-state index is 13.0. The zero-order chi connectivity index (χ0) is 20.0. The van der Waals surface area contributed by atoms with Gasteiger partial charge < -0.3 is 15.1 Å². The number of halogens is 2. The highest BCUT2D eigenvalue weighted by Gasteiger charge is 2.55. The van der Waals surface area contributed by atoms with Crippen LogP contribution in [0.25, 0.3) is 0 Å². The van der Waals surface area contributed by atoms with E-state index >= 15 is 0 Å². The van der Waals surface area contributed by atoms with E-state index in [2.05, 4.69) is 26.8 Å². The minimum absolute atomic E-state index is 0.0725. The van der Waals surface area contributed by atoms with Crippen LogP contribution < -0.4 is 10.9 Å². The summed E-state index contributed by atoms with van der Waals surface area (Å²) in [4.78, 5) is 14.8. The SMILES string of the molecule is Cc1cc(O)c(C2NNC3C(=O)N(CCO)C(c4cccc(Br)c4)C32)cc1Cl. The fraction of sp³-hybridized carbons (Fsp3) is 0.350. The van der Waals surface area contributed by atoms with Crippen molar-refractivity contribution in [1.82, 2.24) is 15.8 Å². The third kappa shape index (κ3) is 3.21. The highest BCUT2D eigenvalue weighted by Crippen LogP contribution is 2.49. The summed E-state index contributed by atoms with van der Waals surface area (Å²) in [5.74, 6) is -0.113. The molecule has 4 N–H and O–H groups in total. The Morgan fingerprint density at radius 2 is 1.96 bits per heavy atom. The number of phenols is 1. The van der Waals surface area contributed by atoms with Gasteiger partial charge in [0.05, 0.1) is 18.7 Å². The molecule has 0 spiro atoms. The van der Waals surface area contributed by atoms with Crippen LogP contribution in [-0.2, 0) is 4.79 Å². The molecular formula is C20H21BrClN3O3. The fourth-order valence-corrected chi connectivity index (χ4v) is 4.93. The number of fused-ring (bicyclic) bond motifs is 1. The fourth-order valence-electron chi connectivity index (χ4n) is 4.34. The number of β-amino-alcohol motifs (C(OH)–C–C–N with tert-alkyl or cyclic N) is 1. The number of aryl methyl sites for hydroxylation is 1. The van der Waals surface area contributed by atoms with Gasteiger partial charge in [0.15, 0.2) is 0 Å². The van der Waals surface area contributed by atoms with Crippen LogP contribution >= 0.6 is 27.5 Å². The van der Waals surface area contributed by atoms with Crippen molar-refractivity contribution in [2.24, 2.45) is 5.92 Å². The average molecular weight is 467 g/mol. The van der Waals surface area contributed by atoms with Gasteiger partial charge >= 0.3 is 0 Å². The van der Waals surface area contributed by atoms with Gasteiger partial charge in [-0.1, -0.05) is 39.7 Å². The van der Waals surface area contributed by atoms with E-state index < -0.39 is 6.04 Å². The van der Waals surface area contributed by atoms with Gasteiger partial charge in [0.25, 0.3) is 0 Å². The molecule has 4 atom stereocenters. The number of phenolic OH excluding ortho intramolecular Hbond substituents is 1. The van der Waals surface area contributed by atoms with E-state index in [0.717, 1.165) is 15.6 Å². The number of aliphatic hydroxyl groups excluding tert-OH is 1. The van der Waals surface area contributed by atoms with Crippen molar-refractivity contribution in [3.05, 3.63) is 62.6 Å². The molecule has 0 bridgehead atoms. The summed E-state index contributed by atoms with van der Waals surface area (Å²) in [7, 11) is 0. The third-order valence-electron chi connectivity index (χ3n) is 5.59. The summed E-state index contributed by atoms with van der Waals surface area (Å²) in [6.07, 6.45) is 0. The zero-order valence-corrected chi connectivity index (χ0v) is 17.5. The lowest BCUT2D eigenvalue weighted by molar-refractivity contribution is -0.131. The van der Waals surface area contributed by atoms with E-state index in [0.29, 0.717) is 10.6 Å². The molecule has 2 aliphatic heterocycles. The van der Waals surface area contributed by atoms with Crippen LogP contribution in [0.15, 0.2) is 40.9 Å². The van der Waals surface area contributed by atoms with Gasteiger partial charge in [-0.05, 0) is 42.3 Å². The number of carbonyl (C=O) groups is 1. The Kier molecular flexibility index (Phi) is 5.37. The number of nitrogens with one attached hydrogen (secondary N) is 2. The first-order valence-corrected chi connectivity index (χ1v) is 10.3. The number of aromatic hydroxyl groups is 1. The first-order valence-electron chi connectivity index (χ1n) is 9.09. The summed E-state index contributed by atoms with van der Waals surface area (Å²) in [6.45, 7) is 1.97. The van der Waals surface area contributed by atoms with Gasteiger partial charge in [0.1, 0.15) is 11.8 Å². The van der Waals surface area contributed by atoms with Gasteiger partial charge in [0.2, 0.25) is 5.91 Å². The largest absolute Gasteiger partial charge is 0.508 e. The molecule has 2 saturated heterocycles. The number of likely N-dealkylation sites (tertiary alicyclic amines) is 1. The molecule has 148 valence electrons. The van der Waals surface area contributed by atoms with E-state index in [4.69, 9.17) is 11.6 Å². The summed E-state index contributed by atoms with van der Waals surface area (Å²) in [6, 6.07) is 10.2. The number of amides is 1. The molecule has 0 radical (unpaired) electrons. The molecule has 2 aromatic rings. The average Bonchev–Trinajstić information content (AvgIpc) is 3.18. The highest BCUT2D eigenvalue weighted by atomic mass is 79.9. The lowest BCUT2D eigenvalue weighted by Crippen LogP contribution is -2.42. The van der Waals surface area contributed by atoms with Crippen LogP contribution in [0.5, 0.6) is 5.75 Å². The van der Waals surface area contributed by atoms with Crippen molar-refractivity contribution in [3.8, 4) is 5.75 Å². The Bertz CT molecular complexity index is 926. The number of rotatable bonds is 4. The number of hydrogen-bond donors (Lipinski definition) is 4. The van der Waals surface area contributed by atoms with E-state index in [9.17, 15) is 15.0 Å². The normalized spacial score (nSPS) is 26.7. The molecular weight excluding hydrogens is 446 g/mol. The Morgan fingerprint density at radius 1 is 1.21 bits per heavy atom. The Labute approximate surface area is 176 Å². The molecule has 2 aliphatic rings. The summed E-state index contributed by atoms with van der Waals surface area (Å²) >= 11 is 9.82. The predicted molar refractivity (Wildman–Crippen MR) is 110 cm³/mol. The van der Waals surface area contributed by atoms with E-state index in [1.165, 1.54) is 0 Å². The molecule has 0 aliphatic carbocycles. The van der Waals surface area contributed by atoms with Gasteiger partial charge in [-0.15, -0.1) is 0 Å². The highest BCUT2D eigenvalue weighted by molar-refractivity contribution is 9.10. The standard InChI is InChI=1S/C20H21BrClN3O3/c1-10-7-15(27)13(9-14(10)22)17-16-18(24-23-17)20(28)25(5-6-26)19(16)11-3-2-4-12(21)8-11/h2-4,7-9,16-19,23-24,26-27H,5-6H2,1H3. The quantitative estimate of drug-likeness (QED) is 0.557. The third-order valence-corrected chi connectivity index (χ3v) is 6.49. The van der Waals surface area contributed by atoms with Crippen molar-refractivity contribution in [2.75, 3.05) is 13.2 Å². The van der Waals surface area contributed by atoms with Crippen molar-refractivity contribution >= 4 is 33.4 Å². The second-order valence-electron chi connectivity index (χ2n) is 7.24. The van der Waals surface area contributed by atoms with Crippen LogP contribution in [0, 0.1) is 12.8 Å².